The summed E-state index contributed by atoms with van der Waals surface area (Å²) < 4.78 is 38.9. The van der Waals surface area contributed by atoms with E-state index in [-0.39, 0.29) is 12.4 Å². The number of benzene rings is 1. The number of aromatic hydroxyl groups is 1. The quantitative estimate of drug-likeness (QED) is 0.800. The van der Waals surface area contributed by atoms with Crippen LogP contribution in [0.2, 0.25) is 5.02 Å². The van der Waals surface area contributed by atoms with Crippen molar-refractivity contribution in [3.05, 3.63) is 28.5 Å². The Morgan fingerprint density at radius 1 is 1.41 bits per heavy atom. The fourth-order valence-corrected chi connectivity index (χ4v) is 1.30. The summed E-state index contributed by atoms with van der Waals surface area (Å²) in [4.78, 5) is 0. The Labute approximate surface area is 106 Å². The fourth-order valence-electron chi connectivity index (χ4n) is 1.13. The number of hydrogen-bond donors (Lipinski definition) is 3. The van der Waals surface area contributed by atoms with Crippen LogP contribution < -0.4 is 5.73 Å². The number of aliphatic hydroxyl groups is 1. The lowest BCUT2D eigenvalue weighted by Crippen LogP contribution is -2.36. The van der Waals surface area contributed by atoms with Gasteiger partial charge in [-0.05, 0) is 6.07 Å². The van der Waals surface area contributed by atoms with Crippen molar-refractivity contribution in [1.82, 2.24) is 0 Å². The molecule has 0 aliphatic carbocycles. The van der Waals surface area contributed by atoms with Crippen LogP contribution in [0.4, 0.5) is 13.2 Å². The van der Waals surface area contributed by atoms with Gasteiger partial charge in [0, 0.05) is 5.56 Å². The summed E-state index contributed by atoms with van der Waals surface area (Å²) in [5.41, 5.74) is 4.73. The molecule has 8 heteroatoms. The van der Waals surface area contributed by atoms with Gasteiger partial charge in [0.1, 0.15) is 29.2 Å². The van der Waals surface area contributed by atoms with Gasteiger partial charge in [0.25, 0.3) is 5.92 Å². The summed E-state index contributed by atoms with van der Waals surface area (Å²) in [6.45, 7) is -1.48. The number of alkyl halides is 2. The van der Waals surface area contributed by atoms with Crippen molar-refractivity contribution in [3.63, 3.8) is 0 Å². The van der Waals surface area contributed by atoms with Crippen LogP contribution in [-0.2, 0) is 0 Å². The lowest BCUT2D eigenvalue weighted by Gasteiger charge is -2.22. The molecule has 1 rings (SSSR count). The van der Waals surface area contributed by atoms with Crippen LogP contribution in [0.3, 0.4) is 0 Å². The number of halogens is 5. The Morgan fingerprint density at radius 2 is 1.94 bits per heavy atom. The molecule has 0 unspecified atom stereocenters. The summed E-state index contributed by atoms with van der Waals surface area (Å²) in [5, 5.41) is 17.1. The first-order valence-electron chi connectivity index (χ1n) is 4.22. The Bertz CT molecular complexity index is 404. The lowest BCUT2D eigenvalue weighted by atomic mass is 10.0. The second kappa shape index (κ2) is 5.77. The number of hydrogen-bond acceptors (Lipinski definition) is 3. The lowest BCUT2D eigenvalue weighted by molar-refractivity contribution is -0.0716. The van der Waals surface area contributed by atoms with Gasteiger partial charge in [0.05, 0.1) is 0 Å². The Hall–Kier alpha value is -0.690. The molecule has 0 heterocycles. The zero-order valence-electron chi connectivity index (χ0n) is 8.33. The average molecular weight is 292 g/mol. The van der Waals surface area contributed by atoms with E-state index in [0.29, 0.717) is 0 Å². The van der Waals surface area contributed by atoms with E-state index in [9.17, 15) is 18.3 Å². The molecule has 0 spiro atoms. The number of aliphatic hydroxyl groups excluding tert-OH is 1. The molecule has 0 radical (unpaired) electrons. The number of phenols is 1. The van der Waals surface area contributed by atoms with E-state index in [4.69, 9.17) is 22.4 Å². The molecular formula is C9H10Cl2F3NO2. The summed E-state index contributed by atoms with van der Waals surface area (Å²) >= 11 is 5.33. The second-order valence-corrected chi connectivity index (χ2v) is 3.57. The third-order valence-corrected chi connectivity index (χ3v) is 2.46. The van der Waals surface area contributed by atoms with Crippen molar-refractivity contribution < 1.29 is 23.4 Å². The van der Waals surface area contributed by atoms with E-state index in [0.717, 1.165) is 12.1 Å². The average Bonchev–Trinajstić information content (AvgIpc) is 2.25. The molecule has 3 nitrogen and oxygen atoms in total. The highest BCUT2D eigenvalue weighted by molar-refractivity contribution is 6.32. The van der Waals surface area contributed by atoms with Crippen molar-refractivity contribution in [2.24, 2.45) is 5.73 Å². The minimum Gasteiger partial charge on any atom is -0.506 e. The molecule has 98 valence electrons. The number of nitrogens with two attached hydrogens (primary N) is 1. The highest BCUT2D eigenvalue weighted by Crippen LogP contribution is 2.38. The normalized spacial score (nSPS) is 13.1. The molecule has 0 aliphatic heterocycles. The summed E-state index contributed by atoms with van der Waals surface area (Å²) in [5.74, 6) is -5.41. The Kier molecular flexibility index (Phi) is 5.54. The Morgan fingerprint density at radius 3 is 2.41 bits per heavy atom. The predicted molar refractivity (Wildman–Crippen MR) is 59.3 cm³/mol. The zero-order chi connectivity index (χ0) is 12.5. The minimum atomic E-state index is -3.63. The van der Waals surface area contributed by atoms with Crippen LogP contribution in [0, 0.1) is 5.82 Å². The van der Waals surface area contributed by atoms with E-state index in [1.54, 1.807) is 0 Å². The van der Waals surface area contributed by atoms with Gasteiger partial charge in [-0.25, -0.2) is 13.2 Å². The van der Waals surface area contributed by atoms with Crippen molar-refractivity contribution in [1.29, 1.82) is 0 Å². The smallest absolute Gasteiger partial charge is 0.289 e. The van der Waals surface area contributed by atoms with Crippen molar-refractivity contribution in [2.45, 2.75) is 12.0 Å². The number of phenolic OH excluding ortho intramolecular Hbond substituents is 1. The van der Waals surface area contributed by atoms with Crippen molar-refractivity contribution in [2.75, 3.05) is 6.61 Å². The van der Waals surface area contributed by atoms with Gasteiger partial charge in [-0.15, -0.1) is 12.4 Å². The predicted octanol–water partition coefficient (Wildman–Crippen LogP) is 2.23. The molecule has 0 amide bonds. The molecule has 0 aromatic heterocycles. The first-order chi connectivity index (χ1) is 7.31. The minimum absolute atomic E-state index is 0. The summed E-state index contributed by atoms with van der Waals surface area (Å²) in [6.07, 6.45) is 0. The molecule has 0 fully saturated rings. The Balaban J connectivity index is 0.00000256. The highest BCUT2D eigenvalue weighted by atomic mass is 35.5. The van der Waals surface area contributed by atoms with Gasteiger partial charge in [-0.2, -0.15) is 0 Å². The van der Waals surface area contributed by atoms with Gasteiger partial charge in [-0.3, -0.25) is 0 Å². The van der Waals surface area contributed by atoms with E-state index in [1.807, 2.05) is 0 Å². The van der Waals surface area contributed by atoms with Crippen molar-refractivity contribution >= 4 is 24.0 Å². The summed E-state index contributed by atoms with van der Waals surface area (Å²) in [7, 11) is 0. The van der Waals surface area contributed by atoms with Gasteiger partial charge >= 0.3 is 0 Å². The van der Waals surface area contributed by atoms with Crippen LogP contribution in [0.1, 0.15) is 11.6 Å². The molecule has 0 saturated carbocycles. The molecule has 1 atom stereocenters. The van der Waals surface area contributed by atoms with Crippen molar-refractivity contribution in [3.8, 4) is 5.75 Å². The van der Waals surface area contributed by atoms with Gasteiger partial charge in [0.2, 0.25) is 0 Å². The molecule has 0 saturated heterocycles. The van der Waals surface area contributed by atoms with Gasteiger partial charge < -0.3 is 15.9 Å². The standard InChI is InChI=1S/C9H9ClF3NO2.ClH/c10-6-5(11)2-1-4(7(6)16)8(14)9(12,13)3-15;/h1-2,8,15-16H,3,14H2;1H/t8-;/m1./s1. The van der Waals surface area contributed by atoms with Crippen LogP contribution in [0.15, 0.2) is 12.1 Å². The van der Waals surface area contributed by atoms with Gasteiger partial charge in [0.15, 0.2) is 0 Å². The van der Waals surface area contributed by atoms with Crippen LogP contribution >= 0.6 is 24.0 Å². The zero-order valence-corrected chi connectivity index (χ0v) is 9.90. The molecule has 0 aliphatic rings. The van der Waals surface area contributed by atoms with E-state index < -0.39 is 40.7 Å². The third-order valence-electron chi connectivity index (χ3n) is 2.10. The number of rotatable bonds is 3. The maximum absolute atomic E-state index is 13.0. The third kappa shape index (κ3) is 3.16. The van der Waals surface area contributed by atoms with E-state index in [2.05, 4.69) is 0 Å². The highest BCUT2D eigenvalue weighted by Gasteiger charge is 2.39. The topological polar surface area (TPSA) is 66.5 Å². The molecule has 0 bridgehead atoms. The maximum atomic E-state index is 13.0. The maximum Gasteiger partial charge on any atom is 0.289 e. The SMILES string of the molecule is Cl.N[C@H](c1ccc(F)c(Cl)c1O)C(F)(F)CO. The molecule has 1 aromatic carbocycles. The monoisotopic (exact) mass is 291 g/mol. The van der Waals surface area contributed by atoms with Crippen LogP contribution in [0.5, 0.6) is 5.75 Å². The first kappa shape index (κ1) is 16.3. The van der Waals surface area contributed by atoms with Gasteiger partial charge in [-0.1, -0.05) is 17.7 Å². The molecule has 4 N–H and O–H groups in total. The summed E-state index contributed by atoms with van der Waals surface area (Å²) in [6, 6.07) is -0.259. The molecule has 17 heavy (non-hydrogen) atoms. The largest absolute Gasteiger partial charge is 0.506 e. The first-order valence-corrected chi connectivity index (χ1v) is 4.60. The van der Waals surface area contributed by atoms with Crippen LogP contribution in [0.25, 0.3) is 0 Å². The van der Waals surface area contributed by atoms with Crippen LogP contribution in [-0.4, -0.2) is 22.7 Å². The van der Waals surface area contributed by atoms with E-state index in [1.165, 1.54) is 0 Å². The molecule has 1 aromatic rings. The molecular weight excluding hydrogens is 282 g/mol. The fraction of sp³-hybridized carbons (Fsp3) is 0.333. The van der Waals surface area contributed by atoms with E-state index >= 15 is 0 Å². The second-order valence-electron chi connectivity index (χ2n) is 3.20.